The second kappa shape index (κ2) is 15.5. The van der Waals surface area contributed by atoms with E-state index < -0.39 is 23.3 Å². The van der Waals surface area contributed by atoms with Crippen molar-refractivity contribution < 1.29 is 81.1 Å². The maximum absolute atomic E-state index is 10.3. The van der Waals surface area contributed by atoms with Crippen molar-refractivity contribution in [3.63, 3.8) is 0 Å². The van der Waals surface area contributed by atoms with Gasteiger partial charge in [0.15, 0.2) is 0 Å². The summed E-state index contributed by atoms with van der Waals surface area (Å²) in [7, 11) is 0. The van der Waals surface area contributed by atoms with Gasteiger partial charge in [0.2, 0.25) is 0 Å². The summed E-state index contributed by atoms with van der Waals surface area (Å²) in [5.41, 5.74) is -0.134. The molecule has 0 aromatic heterocycles. The van der Waals surface area contributed by atoms with Crippen molar-refractivity contribution in [2.45, 2.75) is 0 Å². The van der Waals surface area contributed by atoms with Crippen LogP contribution in [0.15, 0.2) is 48.5 Å². The van der Waals surface area contributed by atoms with Crippen LogP contribution in [0.1, 0.15) is 20.7 Å². The van der Waals surface area contributed by atoms with Gasteiger partial charge in [-0.15, -0.1) is 11.4 Å². The molecule has 12 heteroatoms. The van der Waals surface area contributed by atoms with E-state index in [2.05, 4.69) is 0 Å². The SMILES string of the molecule is O=C(O)c1ccccc1O.O=C(O)c1ccccc1O.O=S([O-])[O-].[Li+].[Li+]. The molecule has 4 N–H and O–H groups in total. The molecule has 2 rings (SSSR count). The standard InChI is InChI=1S/2C7H6O3.2Li.H2O3S/c2*8-6-4-2-1-3-5(6)7(9)10;;;1-4(2)3/h2*1-4,8H,(H,9,10);;;(H2,1,2,3)/q;;2*+1;/p-2. The number of phenols is 2. The first-order valence-electron chi connectivity index (χ1n) is 5.96. The van der Waals surface area contributed by atoms with Crippen LogP contribution in [0, 0.1) is 0 Å². The first-order valence-corrected chi connectivity index (χ1v) is 6.96. The number of carboxylic acids is 2. The van der Waals surface area contributed by atoms with Crippen molar-refractivity contribution in [2.24, 2.45) is 0 Å². The first-order chi connectivity index (χ1) is 11.2. The Balaban J connectivity index is -0.000000319. The molecule has 0 unspecified atom stereocenters. The van der Waals surface area contributed by atoms with Gasteiger partial charge in [0.05, 0.1) is 0 Å². The van der Waals surface area contributed by atoms with Gasteiger partial charge in [-0.3, -0.25) is 4.21 Å². The Kier molecular flexibility index (Phi) is 17.3. The van der Waals surface area contributed by atoms with E-state index in [0.717, 1.165) is 0 Å². The molecule has 0 saturated carbocycles. The molecular formula is C14H12Li2O9S. The molecule has 2 aromatic carbocycles. The monoisotopic (exact) mass is 370 g/mol. The van der Waals surface area contributed by atoms with E-state index in [1.807, 2.05) is 0 Å². The van der Waals surface area contributed by atoms with Crippen LogP contribution in [-0.2, 0) is 11.4 Å². The maximum Gasteiger partial charge on any atom is 1.00 e. The van der Waals surface area contributed by atoms with Gasteiger partial charge < -0.3 is 29.5 Å². The third-order valence-electron chi connectivity index (χ3n) is 2.27. The van der Waals surface area contributed by atoms with Gasteiger partial charge in [-0.1, -0.05) is 24.3 Å². The molecule has 0 aliphatic rings. The van der Waals surface area contributed by atoms with Crippen LogP contribution in [0.5, 0.6) is 11.5 Å². The number of carboxylic acid groups (broad SMARTS) is 2. The fraction of sp³-hybridized carbons (Fsp3) is 0. The van der Waals surface area contributed by atoms with Crippen molar-refractivity contribution in [3.05, 3.63) is 59.7 Å². The Morgan fingerprint density at radius 3 is 1.12 bits per heavy atom. The smallest absolute Gasteiger partial charge is 0.784 e. The summed E-state index contributed by atoms with van der Waals surface area (Å²) < 4.78 is 25.3. The molecule has 26 heavy (non-hydrogen) atoms. The minimum absolute atomic E-state index is 0. The average Bonchev–Trinajstić information content (AvgIpc) is 2.47. The zero-order valence-electron chi connectivity index (χ0n) is 13.9. The van der Waals surface area contributed by atoms with Gasteiger partial charge in [0.25, 0.3) is 0 Å². The Morgan fingerprint density at radius 1 is 0.731 bits per heavy atom. The number of aromatic hydroxyl groups is 2. The van der Waals surface area contributed by atoms with E-state index in [1.54, 1.807) is 24.3 Å². The molecule has 0 bridgehead atoms. The summed E-state index contributed by atoms with van der Waals surface area (Å²) in [6.45, 7) is 0. The zero-order valence-corrected chi connectivity index (χ0v) is 14.7. The maximum atomic E-state index is 10.3. The van der Waals surface area contributed by atoms with Gasteiger partial charge in [-0.05, 0) is 24.3 Å². The molecule has 0 spiro atoms. The molecule has 0 amide bonds. The zero-order chi connectivity index (χ0) is 18.7. The van der Waals surface area contributed by atoms with Crippen molar-refractivity contribution in [2.75, 3.05) is 0 Å². The second-order valence-electron chi connectivity index (χ2n) is 3.85. The molecule has 0 radical (unpaired) electrons. The minimum atomic E-state index is -3.11. The largest absolute Gasteiger partial charge is 1.00 e. The fourth-order valence-corrected chi connectivity index (χ4v) is 1.31. The molecule has 9 nitrogen and oxygen atoms in total. The third-order valence-corrected chi connectivity index (χ3v) is 2.27. The topological polar surface area (TPSA) is 178 Å². The Morgan fingerprint density at radius 2 is 0.962 bits per heavy atom. The number of benzene rings is 2. The predicted octanol–water partition coefficient (Wildman–Crippen LogP) is -4.82. The number of para-hydroxylation sites is 2. The molecule has 130 valence electrons. The van der Waals surface area contributed by atoms with E-state index in [-0.39, 0.29) is 60.3 Å². The predicted molar refractivity (Wildman–Crippen MR) is 79.8 cm³/mol. The number of hydrogen-bond acceptors (Lipinski definition) is 7. The number of aromatic carboxylic acids is 2. The number of rotatable bonds is 2. The molecule has 0 heterocycles. The van der Waals surface area contributed by atoms with Gasteiger partial charge in [0.1, 0.15) is 22.6 Å². The molecule has 0 saturated heterocycles. The summed E-state index contributed by atoms with van der Waals surface area (Å²) in [6.07, 6.45) is 0. The molecular weight excluding hydrogens is 358 g/mol. The van der Waals surface area contributed by atoms with Crippen LogP contribution in [0.2, 0.25) is 0 Å². The van der Waals surface area contributed by atoms with Crippen molar-refractivity contribution >= 4 is 23.3 Å². The van der Waals surface area contributed by atoms with Crippen LogP contribution in [-0.4, -0.2) is 45.7 Å². The van der Waals surface area contributed by atoms with Crippen LogP contribution in [0.4, 0.5) is 0 Å². The first kappa shape index (κ1) is 29.0. The fourth-order valence-electron chi connectivity index (χ4n) is 1.31. The van der Waals surface area contributed by atoms with Crippen LogP contribution >= 0.6 is 0 Å². The van der Waals surface area contributed by atoms with E-state index in [1.165, 1.54) is 24.3 Å². The van der Waals surface area contributed by atoms with E-state index in [0.29, 0.717) is 0 Å². The third kappa shape index (κ3) is 12.6. The normalized spacial score (nSPS) is 8.42. The van der Waals surface area contributed by atoms with Gasteiger partial charge >= 0.3 is 49.7 Å². The van der Waals surface area contributed by atoms with Crippen molar-refractivity contribution in [1.82, 2.24) is 0 Å². The van der Waals surface area contributed by atoms with Gasteiger partial charge in [-0.25, -0.2) is 9.59 Å². The average molecular weight is 370 g/mol. The summed E-state index contributed by atoms with van der Waals surface area (Å²) >= 11 is -3.11. The van der Waals surface area contributed by atoms with Crippen molar-refractivity contribution in [3.8, 4) is 11.5 Å². The van der Waals surface area contributed by atoms with E-state index in [9.17, 15) is 9.59 Å². The van der Waals surface area contributed by atoms with Crippen molar-refractivity contribution in [1.29, 1.82) is 0 Å². The Labute approximate surface area is 175 Å². The Hall–Kier alpha value is -1.76. The quantitative estimate of drug-likeness (QED) is 0.298. The van der Waals surface area contributed by atoms with Crippen LogP contribution in [0.25, 0.3) is 0 Å². The molecule has 0 aliphatic carbocycles. The van der Waals surface area contributed by atoms with Crippen LogP contribution < -0.4 is 37.7 Å². The minimum Gasteiger partial charge on any atom is -0.784 e. The Bertz CT molecular complexity index is 666. The molecule has 2 aromatic rings. The molecule has 0 atom stereocenters. The van der Waals surface area contributed by atoms with Crippen LogP contribution in [0.3, 0.4) is 0 Å². The number of carbonyl (C=O) groups is 2. The van der Waals surface area contributed by atoms with E-state index >= 15 is 0 Å². The second-order valence-corrected chi connectivity index (χ2v) is 4.26. The molecule has 0 fully saturated rings. The summed E-state index contributed by atoms with van der Waals surface area (Å²) in [5.74, 6) is -2.62. The number of hydrogen-bond donors (Lipinski definition) is 4. The summed E-state index contributed by atoms with van der Waals surface area (Å²) in [5, 5.41) is 34.6. The van der Waals surface area contributed by atoms with Gasteiger partial charge in [-0.2, -0.15) is 0 Å². The molecule has 0 aliphatic heterocycles. The van der Waals surface area contributed by atoms with E-state index in [4.69, 9.17) is 33.7 Å². The summed E-state index contributed by atoms with van der Waals surface area (Å²) in [4.78, 5) is 20.5. The summed E-state index contributed by atoms with van der Waals surface area (Å²) in [6, 6.07) is 11.6. The van der Waals surface area contributed by atoms with Gasteiger partial charge in [0, 0.05) is 0 Å².